The summed E-state index contributed by atoms with van der Waals surface area (Å²) in [5.74, 6) is -0.262. The lowest BCUT2D eigenvalue weighted by Crippen LogP contribution is -2.31. The molecule has 0 aliphatic carbocycles. The SMILES string of the molecule is CCNC(=S)NN=Cc1ccc(OCc2cccc(C(=O)O)c2)cc1. The van der Waals surface area contributed by atoms with Crippen LogP contribution in [-0.4, -0.2) is 28.9 Å². The third-order valence-corrected chi connectivity index (χ3v) is 3.41. The van der Waals surface area contributed by atoms with Crippen LogP contribution in [0.1, 0.15) is 28.4 Å². The van der Waals surface area contributed by atoms with Crippen LogP contribution >= 0.6 is 12.2 Å². The first-order chi connectivity index (χ1) is 12.1. The molecule has 0 fully saturated rings. The molecule has 2 aromatic carbocycles. The number of ether oxygens (including phenoxy) is 1. The smallest absolute Gasteiger partial charge is 0.335 e. The van der Waals surface area contributed by atoms with Gasteiger partial charge in [-0.3, -0.25) is 5.43 Å². The number of hydrogen-bond acceptors (Lipinski definition) is 4. The molecule has 6 nitrogen and oxygen atoms in total. The van der Waals surface area contributed by atoms with Crippen LogP contribution in [0.15, 0.2) is 53.6 Å². The van der Waals surface area contributed by atoms with Crippen molar-refractivity contribution in [3.05, 3.63) is 65.2 Å². The molecule has 0 radical (unpaired) electrons. The molecule has 0 bridgehead atoms. The van der Waals surface area contributed by atoms with Crippen molar-refractivity contribution in [2.24, 2.45) is 5.10 Å². The van der Waals surface area contributed by atoms with Gasteiger partial charge in [0.1, 0.15) is 12.4 Å². The monoisotopic (exact) mass is 357 g/mol. The first-order valence-electron chi connectivity index (χ1n) is 7.70. The number of nitrogens with one attached hydrogen (secondary N) is 2. The number of nitrogens with zero attached hydrogens (tertiary/aromatic N) is 1. The van der Waals surface area contributed by atoms with E-state index in [0.29, 0.717) is 17.5 Å². The fourth-order valence-electron chi connectivity index (χ4n) is 1.98. The minimum atomic E-state index is -0.951. The lowest BCUT2D eigenvalue weighted by molar-refractivity contribution is 0.0696. The van der Waals surface area contributed by atoms with Gasteiger partial charge in [-0.15, -0.1) is 0 Å². The number of hydrazone groups is 1. The zero-order valence-electron chi connectivity index (χ0n) is 13.7. The number of aromatic carboxylic acids is 1. The third kappa shape index (κ3) is 6.23. The van der Waals surface area contributed by atoms with Crippen molar-refractivity contribution in [3.8, 4) is 5.75 Å². The van der Waals surface area contributed by atoms with E-state index in [1.807, 2.05) is 37.3 Å². The number of benzene rings is 2. The van der Waals surface area contributed by atoms with Crippen molar-refractivity contribution in [2.45, 2.75) is 13.5 Å². The van der Waals surface area contributed by atoms with Crippen LogP contribution in [0.4, 0.5) is 0 Å². The molecule has 0 atom stereocenters. The van der Waals surface area contributed by atoms with Gasteiger partial charge in [0.2, 0.25) is 0 Å². The summed E-state index contributed by atoms with van der Waals surface area (Å²) in [5.41, 5.74) is 4.66. The van der Waals surface area contributed by atoms with Crippen molar-refractivity contribution in [3.63, 3.8) is 0 Å². The van der Waals surface area contributed by atoms with Crippen LogP contribution in [-0.2, 0) is 6.61 Å². The Balaban J connectivity index is 1.88. The van der Waals surface area contributed by atoms with E-state index < -0.39 is 5.97 Å². The molecule has 0 amide bonds. The standard InChI is InChI=1S/C18H19N3O3S/c1-2-19-18(25)21-20-11-13-6-8-16(9-7-13)24-12-14-4-3-5-15(10-14)17(22)23/h3-11H,2,12H2,1H3,(H,22,23)(H2,19,21,25). The Morgan fingerprint density at radius 1 is 1.28 bits per heavy atom. The maximum Gasteiger partial charge on any atom is 0.335 e. The molecule has 130 valence electrons. The lowest BCUT2D eigenvalue weighted by Gasteiger charge is -2.07. The predicted octanol–water partition coefficient (Wildman–Crippen LogP) is 2.78. The summed E-state index contributed by atoms with van der Waals surface area (Å²) < 4.78 is 5.67. The lowest BCUT2D eigenvalue weighted by atomic mass is 10.1. The molecule has 0 saturated heterocycles. The molecule has 0 unspecified atom stereocenters. The molecule has 0 aromatic heterocycles. The highest BCUT2D eigenvalue weighted by Gasteiger charge is 2.03. The molecule has 0 heterocycles. The van der Waals surface area contributed by atoms with E-state index in [1.165, 1.54) is 0 Å². The topological polar surface area (TPSA) is 83.0 Å². The largest absolute Gasteiger partial charge is 0.489 e. The second kappa shape index (κ2) is 9.39. The molecule has 2 aromatic rings. The Hall–Kier alpha value is -2.93. The molecule has 3 N–H and O–H groups in total. The normalized spacial score (nSPS) is 10.4. The van der Waals surface area contributed by atoms with Crippen LogP contribution in [0.2, 0.25) is 0 Å². The molecule has 0 aliphatic heterocycles. The minimum Gasteiger partial charge on any atom is -0.489 e. The van der Waals surface area contributed by atoms with E-state index in [4.69, 9.17) is 22.1 Å². The highest BCUT2D eigenvalue weighted by molar-refractivity contribution is 7.80. The summed E-state index contributed by atoms with van der Waals surface area (Å²) >= 11 is 5.00. The number of hydrogen-bond donors (Lipinski definition) is 3. The van der Waals surface area contributed by atoms with E-state index in [-0.39, 0.29) is 5.56 Å². The Bertz CT molecular complexity index is 760. The van der Waals surface area contributed by atoms with Gasteiger partial charge in [0, 0.05) is 6.54 Å². The van der Waals surface area contributed by atoms with Gasteiger partial charge in [-0.2, -0.15) is 5.10 Å². The van der Waals surface area contributed by atoms with Crippen molar-refractivity contribution >= 4 is 29.5 Å². The van der Waals surface area contributed by atoms with Gasteiger partial charge in [-0.25, -0.2) is 4.79 Å². The minimum absolute atomic E-state index is 0.246. The van der Waals surface area contributed by atoms with Gasteiger partial charge >= 0.3 is 5.97 Å². The fourth-order valence-corrected chi connectivity index (χ4v) is 2.17. The molecule has 0 aliphatic rings. The average molecular weight is 357 g/mol. The summed E-state index contributed by atoms with van der Waals surface area (Å²) in [7, 11) is 0. The number of thiocarbonyl (C=S) groups is 1. The summed E-state index contributed by atoms with van der Waals surface area (Å²) in [4.78, 5) is 11.0. The molecule has 7 heteroatoms. The van der Waals surface area contributed by atoms with Crippen LogP contribution in [0.5, 0.6) is 5.75 Å². The van der Waals surface area contributed by atoms with Crippen molar-refractivity contribution in [1.82, 2.24) is 10.7 Å². The molecule has 0 spiro atoms. The number of carboxylic acids is 1. The van der Waals surface area contributed by atoms with Crippen molar-refractivity contribution in [1.29, 1.82) is 0 Å². The Labute approximate surface area is 151 Å². The quantitative estimate of drug-likeness (QED) is 0.402. The van der Waals surface area contributed by atoms with E-state index in [1.54, 1.807) is 24.4 Å². The van der Waals surface area contributed by atoms with E-state index in [0.717, 1.165) is 17.7 Å². The molecular formula is C18H19N3O3S. The Kier molecular flexibility index (Phi) is 6.91. The second-order valence-corrected chi connectivity index (χ2v) is 5.50. The fraction of sp³-hybridized carbons (Fsp3) is 0.167. The number of rotatable bonds is 7. The van der Waals surface area contributed by atoms with Crippen LogP contribution in [0.3, 0.4) is 0 Å². The molecule has 25 heavy (non-hydrogen) atoms. The maximum absolute atomic E-state index is 11.0. The van der Waals surface area contributed by atoms with Gasteiger partial charge in [-0.05, 0) is 66.7 Å². The van der Waals surface area contributed by atoms with Crippen LogP contribution < -0.4 is 15.5 Å². The Morgan fingerprint density at radius 2 is 2.04 bits per heavy atom. The average Bonchev–Trinajstić information content (AvgIpc) is 2.61. The second-order valence-electron chi connectivity index (χ2n) is 5.09. The molecule has 2 rings (SSSR count). The van der Waals surface area contributed by atoms with Crippen LogP contribution in [0.25, 0.3) is 0 Å². The van der Waals surface area contributed by atoms with Gasteiger partial charge in [-0.1, -0.05) is 12.1 Å². The van der Waals surface area contributed by atoms with Crippen molar-refractivity contribution in [2.75, 3.05) is 6.54 Å². The van der Waals surface area contributed by atoms with E-state index >= 15 is 0 Å². The summed E-state index contributed by atoms with van der Waals surface area (Å²) in [6.45, 7) is 2.99. The van der Waals surface area contributed by atoms with Gasteiger partial charge in [0.05, 0.1) is 11.8 Å². The Morgan fingerprint density at radius 3 is 2.72 bits per heavy atom. The summed E-state index contributed by atoms with van der Waals surface area (Å²) in [5, 5.41) is 16.4. The van der Waals surface area contributed by atoms with Crippen molar-refractivity contribution < 1.29 is 14.6 Å². The highest BCUT2D eigenvalue weighted by Crippen LogP contribution is 2.14. The zero-order valence-corrected chi connectivity index (χ0v) is 14.5. The van der Waals surface area contributed by atoms with E-state index in [9.17, 15) is 4.79 Å². The predicted molar refractivity (Wildman–Crippen MR) is 101 cm³/mol. The van der Waals surface area contributed by atoms with E-state index in [2.05, 4.69) is 15.8 Å². The van der Waals surface area contributed by atoms with Gasteiger partial charge in [0.25, 0.3) is 0 Å². The summed E-state index contributed by atoms with van der Waals surface area (Å²) in [6, 6.07) is 14.1. The van der Waals surface area contributed by atoms with Gasteiger partial charge in [0.15, 0.2) is 5.11 Å². The molecular weight excluding hydrogens is 338 g/mol. The first-order valence-corrected chi connectivity index (χ1v) is 8.11. The number of carbonyl (C=O) groups is 1. The maximum atomic E-state index is 11.0. The number of carboxylic acid groups (broad SMARTS) is 1. The summed E-state index contributed by atoms with van der Waals surface area (Å²) in [6.07, 6.45) is 1.66. The third-order valence-electron chi connectivity index (χ3n) is 3.18. The first kappa shape index (κ1) is 18.4. The highest BCUT2D eigenvalue weighted by atomic mass is 32.1. The van der Waals surface area contributed by atoms with Crippen LogP contribution in [0, 0.1) is 0 Å². The van der Waals surface area contributed by atoms with Gasteiger partial charge < -0.3 is 15.2 Å². The molecule has 0 saturated carbocycles. The zero-order chi connectivity index (χ0) is 18.1.